The molecular weight excluding hydrogens is 218 g/mol. The fourth-order valence-corrected chi connectivity index (χ4v) is 1.85. The number of aromatic nitrogens is 1. The van der Waals surface area contributed by atoms with Gasteiger partial charge in [-0.3, -0.25) is 0 Å². The molecule has 17 heavy (non-hydrogen) atoms. The summed E-state index contributed by atoms with van der Waals surface area (Å²) in [5.74, 6) is 0.349. The van der Waals surface area contributed by atoms with Crippen molar-refractivity contribution in [2.45, 2.75) is 12.2 Å². The van der Waals surface area contributed by atoms with Crippen LogP contribution in [0.4, 0.5) is 0 Å². The summed E-state index contributed by atoms with van der Waals surface area (Å²) in [4.78, 5) is 4.28. The van der Waals surface area contributed by atoms with Crippen molar-refractivity contribution in [3.8, 4) is 0 Å². The number of oxazole rings is 1. The minimum Gasteiger partial charge on any atom is -0.436 e. The lowest BCUT2D eigenvalue weighted by atomic mass is 9.99. The van der Waals surface area contributed by atoms with E-state index in [4.69, 9.17) is 4.42 Å². The van der Waals surface area contributed by atoms with E-state index in [1.54, 1.807) is 12.2 Å². The van der Waals surface area contributed by atoms with Gasteiger partial charge < -0.3 is 14.6 Å². The quantitative estimate of drug-likeness (QED) is 0.777. The maximum absolute atomic E-state index is 9.85. The zero-order valence-corrected chi connectivity index (χ0v) is 8.95. The third-order valence-electron chi connectivity index (χ3n) is 2.77. The molecule has 0 amide bonds. The number of benzene rings is 1. The predicted octanol–water partition coefficient (Wildman–Crippen LogP) is 1.50. The standard InChI is InChI=1S/C13H11NO3/c15-10-6-3-4-8(12(10)16)13-14-9-5-1-2-7-11(9)17-13/h1-7,10,12,15-16H. The Bertz CT molecular complexity index is 579. The monoisotopic (exact) mass is 229 g/mol. The van der Waals surface area contributed by atoms with Crippen molar-refractivity contribution >= 4 is 16.7 Å². The van der Waals surface area contributed by atoms with Gasteiger partial charge in [-0.05, 0) is 12.1 Å². The SMILES string of the molecule is OC1C=CC=C(c2nc3ccccc3o2)C1O. The van der Waals surface area contributed by atoms with E-state index < -0.39 is 12.2 Å². The molecule has 0 saturated carbocycles. The van der Waals surface area contributed by atoms with Crippen LogP contribution in [0, 0.1) is 0 Å². The second kappa shape index (κ2) is 3.84. The highest BCUT2D eigenvalue weighted by Crippen LogP contribution is 2.26. The van der Waals surface area contributed by atoms with E-state index in [-0.39, 0.29) is 0 Å². The molecule has 2 atom stereocenters. The van der Waals surface area contributed by atoms with Crippen molar-refractivity contribution < 1.29 is 14.6 Å². The van der Waals surface area contributed by atoms with Crippen LogP contribution in [0.5, 0.6) is 0 Å². The molecule has 2 unspecified atom stereocenters. The molecule has 1 heterocycles. The molecule has 0 radical (unpaired) electrons. The smallest absolute Gasteiger partial charge is 0.225 e. The number of hydrogen-bond acceptors (Lipinski definition) is 4. The summed E-state index contributed by atoms with van der Waals surface area (Å²) in [5, 5.41) is 19.4. The topological polar surface area (TPSA) is 66.5 Å². The number of fused-ring (bicyclic) bond motifs is 1. The predicted molar refractivity (Wildman–Crippen MR) is 63.1 cm³/mol. The minimum atomic E-state index is -0.993. The molecule has 3 rings (SSSR count). The number of para-hydroxylation sites is 2. The van der Waals surface area contributed by atoms with Crippen LogP contribution in [0.15, 0.2) is 46.9 Å². The first-order chi connectivity index (χ1) is 8.25. The Hall–Kier alpha value is -1.91. The van der Waals surface area contributed by atoms with Gasteiger partial charge >= 0.3 is 0 Å². The Kier molecular flexibility index (Phi) is 2.31. The maximum Gasteiger partial charge on any atom is 0.225 e. The second-order valence-corrected chi connectivity index (χ2v) is 3.93. The van der Waals surface area contributed by atoms with Crippen molar-refractivity contribution in [1.29, 1.82) is 0 Å². The molecule has 0 aliphatic heterocycles. The van der Waals surface area contributed by atoms with Crippen LogP contribution in [0.1, 0.15) is 5.89 Å². The fraction of sp³-hybridized carbons (Fsp3) is 0.154. The van der Waals surface area contributed by atoms with Crippen molar-refractivity contribution in [2.24, 2.45) is 0 Å². The van der Waals surface area contributed by atoms with Gasteiger partial charge in [-0.15, -0.1) is 0 Å². The van der Waals surface area contributed by atoms with Crippen molar-refractivity contribution in [3.63, 3.8) is 0 Å². The molecule has 1 aliphatic carbocycles. The summed E-state index contributed by atoms with van der Waals surface area (Å²) in [6, 6.07) is 7.38. The Morgan fingerprint density at radius 1 is 1.18 bits per heavy atom. The highest BCUT2D eigenvalue weighted by atomic mass is 16.4. The van der Waals surface area contributed by atoms with Crippen LogP contribution in [0.25, 0.3) is 16.7 Å². The molecule has 0 spiro atoms. The molecular formula is C13H11NO3. The van der Waals surface area contributed by atoms with Gasteiger partial charge in [-0.2, -0.15) is 0 Å². The Labute approximate surface area is 97.5 Å². The summed E-state index contributed by atoms with van der Waals surface area (Å²) >= 11 is 0. The molecule has 0 fully saturated rings. The summed E-state index contributed by atoms with van der Waals surface area (Å²) in [6.45, 7) is 0. The molecule has 1 aromatic heterocycles. The lowest BCUT2D eigenvalue weighted by Crippen LogP contribution is -2.27. The normalized spacial score (nSPS) is 24.0. The Morgan fingerprint density at radius 2 is 2.00 bits per heavy atom. The van der Waals surface area contributed by atoms with E-state index in [1.807, 2.05) is 24.3 Å². The number of rotatable bonds is 1. The van der Waals surface area contributed by atoms with E-state index >= 15 is 0 Å². The Balaban J connectivity index is 2.09. The van der Waals surface area contributed by atoms with Crippen LogP contribution >= 0.6 is 0 Å². The van der Waals surface area contributed by atoms with Crippen LogP contribution in [0.2, 0.25) is 0 Å². The van der Waals surface area contributed by atoms with Gasteiger partial charge in [0.1, 0.15) is 17.7 Å². The van der Waals surface area contributed by atoms with Gasteiger partial charge in [0.25, 0.3) is 0 Å². The fourth-order valence-electron chi connectivity index (χ4n) is 1.85. The number of nitrogens with zero attached hydrogens (tertiary/aromatic N) is 1. The van der Waals surface area contributed by atoms with E-state index in [2.05, 4.69) is 4.98 Å². The van der Waals surface area contributed by atoms with E-state index in [0.717, 1.165) is 5.52 Å². The van der Waals surface area contributed by atoms with Gasteiger partial charge in [-0.1, -0.05) is 30.4 Å². The minimum absolute atomic E-state index is 0.349. The van der Waals surface area contributed by atoms with Gasteiger partial charge in [0, 0.05) is 5.57 Å². The molecule has 86 valence electrons. The van der Waals surface area contributed by atoms with Crippen LogP contribution in [-0.4, -0.2) is 27.4 Å². The highest BCUT2D eigenvalue weighted by Gasteiger charge is 2.25. The van der Waals surface area contributed by atoms with Crippen molar-refractivity contribution in [1.82, 2.24) is 4.98 Å². The molecule has 4 nitrogen and oxygen atoms in total. The highest BCUT2D eigenvalue weighted by molar-refractivity contribution is 5.77. The first-order valence-corrected chi connectivity index (χ1v) is 5.36. The molecule has 0 bridgehead atoms. The van der Waals surface area contributed by atoms with Crippen LogP contribution < -0.4 is 0 Å². The number of aliphatic hydroxyl groups excluding tert-OH is 2. The van der Waals surface area contributed by atoms with Gasteiger partial charge in [0.15, 0.2) is 5.58 Å². The first kappa shape index (κ1) is 10.3. The summed E-state index contributed by atoms with van der Waals surface area (Å²) in [7, 11) is 0. The largest absolute Gasteiger partial charge is 0.436 e. The molecule has 1 aliphatic rings. The first-order valence-electron chi connectivity index (χ1n) is 5.36. The number of hydrogen-bond donors (Lipinski definition) is 2. The average molecular weight is 229 g/mol. The lowest BCUT2D eigenvalue weighted by Gasteiger charge is -2.18. The third-order valence-corrected chi connectivity index (χ3v) is 2.77. The maximum atomic E-state index is 9.85. The van der Waals surface area contributed by atoms with E-state index in [0.29, 0.717) is 17.0 Å². The second-order valence-electron chi connectivity index (χ2n) is 3.93. The zero-order valence-electron chi connectivity index (χ0n) is 8.95. The van der Waals surface area contributed by atoms with E-state index in [9.17, 15) is 10.2 Å². The number of aliphatic hydroxyl groups is 2. The van der Waals surface area contributed by atoms with Crippen molar-refractivity contribution in [3.05, 3.63) is 48.4 Å². The van der Waals surface area contributed by atoms with Gasteiger partial charge in [0.2, 0.25) is 5.89 Å². The molecule has 2 N–H and O–H groups in total. The zero-order chi connectivity index (χ0) is 11.8. The van der Waals surface area contributed by atoms with Crippen LogP contribution in [-0.2, 0) is 0 Å². The van der Waals surface area contributed by atoms with Gasteiger partial charge in [0.05, 0.1) is 0 Å². The van der Waals surface area contributed by atoms with Gasteiger partial charge in [-0.25, -0.2) is 4.98 Å². The summed E-state index contributed by atoms with van der Waals surface area (Å²) < 4.78 is 5.54. The molecule has 2 aromatic rings. The summed E-state index contributed by atoms with van der Waals surface area (Å²) in [6.07, 6.45) is 3.00. The summed E-state index contributed by atoms with van der Waals surface area (Å²) in [5.41, 5.74) is 1.90. The molecule has 0 saturated heterocycles. The Morgan fingerprint density at radius 3 is 2.82 bits per heavy atom. The number of allylic oxidation sites excluding steroid dienone is 2. The van der Waals surface area contributed by atoms with Crippen LogP contribution in [0.3, 0.4) is 0 Å². The average Bonchev–Trinajstić information content (AvgIpc) is 2.76. The molecule has 1 aromatic carbocycles. The van der Waals surface area contributed by atoms with Crippen molar-refractivity contribution in [2.75, 3.05) is 0 Å². The molecule has 4 heteroatoms. The lowest BCUT2D eigenvalue weighted by molar-refractivity contribution is 0.0846. The van der Waals surface area contributed by atoms with E-state index in [1.165, 1.54) is 6.08 Å². The third kappa shape index (κ3) is 1.67.